The largest absolute Gasteiger partial charge is 0 e. The van der Waals surface area contributed by atoms with E-state index in [-0.39, 0.29) is 122 Å². The van der Waals surface area contributed by atoms with E-state index in [4.69, 9.17) is 0 Å². The SMILES string of the molecule is [B].[Dy].[Fe].[Fe].[Nd]. The van der Waals surface area contributed by atoms with Crippen molar-refractivity contribution in [1.29, 1.82) is 0 Å². The van der Waals surface area contributed by atoms with Crippen molar-refractivity contribution in [2.75, 3.05) is 0 Å². The summed E-state index contributed by atoms with van der Waals surface area (Å²) in [6.07, 6.45) is 0. The first-order valence-corrected chi connectivity index (χ1v) is 0. The van der Waals surface area contributed by atoms with Gasteiger partial charge in [0.2, 0.25) is 0 Å². The summed E-state index contributed by atoms with van der Waals surface area (Å²) in [6.45, 7) is 0. The summed E-state index contributed by atoms with van der Waals surface area (Å²) in [6, 6.07) is 0. The van der Waals surface area contributed by atoms with Crippen molar-refractivity contribution >= 4 is 8.41 Å². The van der Waals surface area contributed by atoms with Gasteiger partial charge in [-0.15, -0.1) is 0 Å². The van der Waals surface area contributed by atoms with Crippen LogP contribution in [0.15, 0.2) is 0 Å². The normalized spacial score (nSPS) is 0. The second-order valence-corrected chi connectivity index (χ2v) is 0. The van der Waals surface area contributed by atoms with Crippen LogP contribution in [0.5, 0.6) is 0 Å². The van der Waals surface area contributed by atoms with Crippen LogP contribution >= 0.6 is 0 Å². The van der Waals surface area contributed by atoms with Crippen LogP contribution in [0.2, 0.25) is 0 Å². The molecule has 0 heterocycles. The molecule has 0 aromatic carbocycles. The van der Waals surface area contributed by atoms with Crippen molar-refractivity contribution in [3.63, 3.8) is 0 Å². The van der Waals surface area contributed by atoms with Crippen molar-refractivity contribution < 1.29 is 113 Å². The molecule has 0 spiro atoms. The molecule has 0 saturated heterocycles. The Labute approximate surface area is 118 Å². The zero-order valence-electron chi connectivity index (χ0n) is 2.10. The maximum Gasteiger partial charge on any atom is 0 e. The average molecular weight is 429 g/mol. The molecule has 0 aliphatic rings. The Hall–Kier alpha value is 3.73. The fourth-order valence-electron chi connectivity index (χ4n) is 0. The van der Waals surface area contributed by atoms with E-state index in [1.165, 1.54) is 0 Å². The third-order valence-corrected chi connectivity index (χ3v) is 0. The third kappa shape index (κ3) is 18.2. The zero-order valence-corrected chi connectivity index (χ0v) is 9.55. The molecule has 0 bridgehead atoms. The third-order valence-electron chi connectivity index (χ3n) is 0. The van der Waals surface area contributed by atoms with Crippen LogP contribution < -0.4 is 0 Å². The second-order valence-electron chi connectivity index (χ2n) is 0. The van der Waals surface area contributed by atoms with E-state index in [0.717, 1.165) is 0 Å². The molecule has 0 aromatic rings. The Kier molecular flexibility index (Phi) is 189. The van der Waals surface area contributed by atoms with Gasteiger partial charge >= 0.3 is 0 Å². The summed E-state index contributed by atoms with van der Waals surface area (Å²) in [5.41, 5.74) is 0. The molecular weight excluding hydrogens is 429 g/mol. The van der Waals surface area contributed by atoms with Gasteiger partial charge in [-0.3, -0.25) is 0 Å². The molecule has 0 saturated carbocycles. The summed E-state index contributed by atoms with van der Waals surface area (Å²) in [5.74, 6) is 0. The smallest absolute Gasteiger partial charge is 0 e. The molecule has 0 aromatic heterocycles. The fourth-order valence-corrected chi connectivity index (χ4v) is 0. The molecule has 0 aliphatic carbocycles. The van der Waals surface area contributed by atoms with Crippen LogP contribution in [0.3, 0.4) is 0 Å². The van der Waals surface area contributed by atoms with Gasteiger partial charge in [0.15, 0.2) is 0 Å². The first kappa shape index (κ1) is 37.5. The van der Waals surface area contributed by atoms with E-state index in [2.05, 4.69) is 0 Å². The maximum absolute atomic E-state index is 0. The van der Waals surface area contributed by atoms with Gasteiger partial charge in [-0.1, -0.05) is 0 Å². The van der Waals surface area contributed by atoms with Gasteiger partial charge in [0.25, 0.3) is 0 Å². The Morgan fingerprint density at radius 3 is 0.800 bits per heavy atom. The van der Waals surface area contributed by atoms with Gasteiger partial charge in [0.05, 0.1) is 0 Å². The molecule has 5 heavy (non-hydrogen) atoms. The Bertz CT molecular complexity index is 9.61. The van der Waals surface area contributed by atoms with Crippen LogP contribution in [-0.4, -0.2) is 8.41 Å². The van der Waals surface area contributed by atoms with Gasteiger partial charge in [-0.25, -0.2) is 0 Å². The molecule has 3 radical (unpaired) electrons. The van der Waals surface area contributed by atoms with Gasteiger partial charge in [0, 0.05) is 122 Å². The second kappa shape index (κ2) is 25.2. The van der Waals surface area contributed by atoms with Crippen LogP contribution in [0.1, 0.15) is 0 Å². The van der Waals surface area contributed by atoms with Gasteiger partial charge in [-0.2, -0.15) is 0 Å². The van der Waals surface area contributed by atoms with Crippen molar-refractivity contribution in [3.05, 3.63) is 0 Å². The summed E-state index contributed by atoms with van der Waals surface area (Å²) in [7, 11) is 0. The minimum atomic E-state index is 0. The first-order valence-electron chi connectivity index (χ1n) is 0. The molecule has 0 fully saturated rings. The number of hydrogen-bond donors (Lipinski definition) is 0. The quantitative estimate of drug-likeness (QED) is 0.461. The molecule has 33 valence electrons. The molecule has 0 aliphatic heterocycles. The monoisotopic (exact) mass is 429 g/mol. The Morgan fingerprint density at radius 2 is 0.800 bits per heavy atom. The number of rotatable bonds is 0. The van der Waals surface area contributed by atoms with Crippen molar-refractivity contribution in [1.82, 2.24) is 0 Å². The van der Waals surface area contributed by atoms with E-state index >= 15 is 0 Å². The van der Waals surface area contributed by atoms with Crippen molar-refractivity contribution in [2.24, 2.45) is 0 Å². The predicted octanol–water partition coefficient (Wildman–Crippen LogP) is -0.386. The molecule has 0 rings (SSSR count). The van der Waals surface area contributed by atoms with E-state index in [1.54, 1.807) is 0 Å². The van der Waals surface area contributed by atoms with Gasteiger partial charge in [-0.05, 0) is 0 Å². The molecule has 0 N–H and O–H groups in total. The molecule has 0 unspecified atom stereocenters. The molecule has 0 atom stereocenters. The average Bonchev–Trinajstić information content (AvgIpc) is 0. The Balaban J connectivity index is 0. The van der Waals surface area contributed by atoms with E-state index in [1.807, 2.05) is 0 Å². The van der Waals surface area contributed by atoms with Crippen molar-refractivity contribution in [3.8, 4) is 0 Å². The minimum Gasteiger partial charge on any atom is 0 e. The van der Waals surface area contributed by atoms with Crippen LogP contribution in [-0.2, 0) is 34.1 Å². The van der Waals surface area contributed by atoms with Crippen LogP contribution in [0.4, 0.5) is 0 Å². The summed E-state index contributed by atoms with van der Waals surface area (Å²) >= 11 is 0. The van der Waals surface area contributed by atoms with Gasteiger partial charge in [0.1, 0.15) is 0 Å². The van der Waals surface area contributed by atoms with Crippen LogP contribution in [0.25, 0.3) is 0 Å². The van der Waals surface area contributed by atoms with E-state index < -0.39 is 0 Å². The maximum atomic E-state index is 0. The minimum absolute atomic E-state index is 0. The molecule has 0 amide bonds. The number of hydrogen-bond acceptors (Lipinski definition) is 0. The molecule has 0 nitrogen and oxygen atoms in total. The van der Waals surface area contributed by atoms with Crippen LogP contribution in [0, 0.1) is 79.0 Å². The predicted molar refractivity (Wildman–Crippen MR) is 5.75 cm³/mol. The van der Waals surface area contributed by atoms with E-state index in [9.17, 15) is 0 Å². The summed E-state index contributed by atoms with van der Waals surface area (Å²) in [5, 5.41) is 0. The Morgan fingerprint density at radius 1 is 0.800 bits per heavy atom. The van der Waals surface area contributed by atoms with Crippen molar-refractivity contribution in [2.45, 2.75) is 0 Å². The molecule has 5 heteroatoms. The molecular formula is BDyFe2Nd. The topological polar surface area (TPSA) is 0 Å². The van der Waals surface area contributed by atoms with E-state index in [0.29, 0.717) is 0 Å². The zero-order chi connectivity index (χ0) is 0. The standard InChI is InChI=1S/B.Dy.2Fe.Nd. The fraction of sp³-hybridized carbons (Fsp3) is 0. The van der Waals surface area contributed by atoms with Gasteiger partial charge < -0.3 is 0 Å². The first-order chi connectivity index (χ1) is 0. The summed E-state index contributed by atoms with van der Waals surface area (Å²) < 4.78 is 0. The summed E-state index contributed by atoms with van der Waals surface area (Å²) in [4.78, 5) is 0.